The van der Waals surface area contributed by atoms with Crippen molar-refractivity contribution in [3.8, 4) is 0 Å². The van der Waals surface area contributed by atoms with Gasteiger partial charge in [0.25, 0.3) is 0 Å². The van der Waals surface area contributed by atoms with Crippen molar-refractivity contribution >= 4 is 11.9 Å². The summed E-state index contributed by atoms with van der Waals surface area (Å²) >= 11 is 0. The Kier molecular flexibility index (Phi) is 4.56. The van der Waals surface area contributed by atoms with E-state index >= 15 is 0 Å². The third kappa shape index (κ3) is 2.70. The van der Waals surface area contributed by atoms with Crippen LogP contribution in [0.15, 0.2) is 23.8 Å². The number of esters is 2. The standard InChI is InChI=1S/C20H28O6/c1-6-10(2)17(22)26-15-14-11(3)18(23)25-12(14)9-19(4)13(21)7-8-20(5,24)16(15)19/h6,12-16,21,24H,3,7-9H2,1-2,4-5H3/b10-6+/t12-,13-,14+,15+,16+,19-,20-/m0/s1. The van der Waals surface area contributed by atoms with Crippen LogP contribution in [0.25, 0.3) is 0 Å². The van der Waals surface area contributed by atoms with E-state index in [4.69, 9.17) is 9.47 Å². The highest BCUT2D eigenvalue weighted by molar-refractivity contribution is 5.91. The number of rotatable bonds is 2. The van der Waals surface area contributed by atoms with Gasteiger partial charge in [-0.05, 0) is 40.0 Å². The van der Waals surface area contributed by atoms with Crippen LogP contribution in [0.4, 0.5) is 0 Å². The van der Waals surface area contributed by atoms with E-state index in [0.29, 0.717) is 24.8 Å². The van der Waals surface area contributed by atoms with E-state index in [1.54, 1.807) is 26.8 Å². The predicted octanol–water partition coefficient (Wildman–Crippen LogP) is 1.89. The molecule has 0 radical (unpaired) electrons. The van der Waals surface area contributed by atoms with E-state index in [2.05, 4.69) is 6.58 Å². The molecule has 0 aromatic rings. The molecule has 26 heavy (non-hydrogen) atoms. The van der Waals surface area contributed by atoms with Gasteiger partial charge in [0.2, 0.25) is 0 Å². The lowest BCUT2D eigenvalue weighted by Crippen LogP contribution is -2.65. The molecule has 3 aliphatic rings. The number of carbonyl (C=O) groups is 2. The summed E-state index contributed by atoms with van der Waals surface area (Å²) in [6, 6.07) is 0. The molecule has 2 N–H and O–H groups in total. The molecule has 6 heteroatoms. The molecule has 0 aromatic heterocycles. The minimum absolute atomic E-state index is 0.267. The Morgan fingerprint density at radius 3 is 2.69 bits per heavy atom. The lowest BCUT2D eigenvalue weighted by atomic mass is 9.50. The molecule has 1 heterocycles. The number of aliphatic hydroxyl groups is 2. The van der Waals surface area contributed by atoms with Crippen molar-refractivity contribution in [3.63, 3.8) is 0 Å². The highest BCUT2D eigenvalue weighted by atomic mass is 16.6. The minimum atomic E-state index is -1.14. The van der Waals surface area contributed by atoms with E-state index in [1.165, 1.54) is 0 Å². The van der Waals surface area contributed by atoms with Crippen LogP contribution in [-0.4, -0.2) is 46.1 Å². The summed E-state index contributed by atoms with van der Waals surface area (Å²) in [5.74, 6) is -2.03. The van der Waals surface area contributed by atoms with Crippen molar-refractivity contribution in [2.24, 2.45) is 17.3 Å². The van der Waals surface area contributed by atoms with Crippen LogP contribution in [-0.2, 0) is 19.1 Å². The first-order chi connectivity index (χ1) is 12.0. The number of aliphatic hydroxyl groups excluding tert-OH is 1. The summed E-state index contributed by atoms with van der Waals surface area (Å²) in [6.45, 7) is 10.8. The van der Waals surface area contributed by atoms with Crippen molar-refractivity contribution in [1.29, 1.82) is 0 Å². The van der Waals surface area contributed by atoms with Gasteiger partial charge in [-0.15, -0.1) is 0 Å². The molecule has 0 bridgehead atoms. The van der Waals surface area contributed by atoms with Gasteiger partial charge in [-0.25, -0.2) is 9.59 Å². The smallest absolute Gasteiger partial charge is 0.334 e. The van der Waals surface area contributed by atoms with Crippen molar-refractivity contribution in [2.75, 3.05) is 0 Å². The Labute approximate surface area is 153 Å². The van der Waals surface area contributed by atoms with Crippen LogP contribution in [0.3, 0.4) is 0 Å². The highest BCUT2D eigenvalue weighted by Crippen LogP contribution is 2.59. The zero-order valence-electron chi connectivity index (χ0n) is 15.8. The summed E-state index contributed by atoms with van der Waals surface area (Å²) in [7, 11) is 0. The summed E-state index contributed by atoms with van der Waals surface area (Å²) < 4.78 is 11.3. The molecular formula is C20H28O6. The van der Waals surface area contributed by atoms with Crippen molar-refractivity contribution in [3.05, 3.63) is 23.8 Å². The van der Waals surface area contributed by atoms with Gasteiger partial charge in [0.1, 0.15) is 12.2 Å². The van der Waals surface area contributed by atoms with Crippen molar-refractivity contribution in [2.45, 2.75) is 70.9 Å². The summed E-state index contributed by atoms with van der Waals surface area (Å²) in [4.78, 5) is 24.6. The average molecular weight is 364 g/mol. The van der Waals surface area contributed by atoms with E-state index in [1.807, 2.05) is 6.92 Å². The van der Waals surface area contributed by atoms with Crippen LogP contribution in [0.2, 0.25) is 0 Å². The second kappa shape index (κ2) is 6.20. The van der Waals surface area contributed by atoms with Gasteiger partial charge in [0.15, 0.2) is 0 Å². The molecule has 6 nitrogen and oxygen atoms in total. The molecule has 7 atom stereocenters. The molecular weight excluding hydrogens is 336 g/mol. The van der Waals surface area contributed by atoms with Crippen LogP contribution in [0.5, 0.6) is 0 Å². The normalized spacial score (nSPS) is 45.6. The first-order valence-corrected chi connectivity index (χ1v) is 9.17. The van der Waals surface area contributed by atoms with E-state index in [0.717, 1.165) is 0 Å². The zero-order valence-corrected chi connectivity index (χ0v) is 15.8. The summed E-state index contributed by atoms with van der Waals surface area (Å²) in [6.07, 6.45) is 0.922. The molecule has 0 spiro atoms. The Hall–Kier alpha value is -1.66. The molecule has 144 valence electrons. The maximum atomic E-state index is 12.5. The average Bonchev–Trinajstić information content (AvgIpc) is 2.84. The third-order valence-electron chi connectivity index (χ3n) is 6.71. The van der Waals surface area contributed by atoms with E-state index < -0.39 is 53.1 Å². The van der Waals surface area contributed by atoms with Crippen LogP contribution in [0, 0.1) is 17.3 Å². The fourth-order valence-corrected chi connectivity index (χ4v) is 5.17. The molecule has 3 rings (SSSR count). The highest BCUT2D eigenvalue weighted by Gasteiger charge is 2.66. The van der Waals surface area contributed by atoms with Crippen LogP contribution < -0.4 is 0 Å². The van der Waals surface area contributed by atoms with Gasteiger partial charge in [-0.3, -0.25) is 0 Å². The van der Waals surface area contributed by atoms with Gasteiger partial charge in [-0.1, -0.05) is 19.6 Å². The van der Waals surface area contributed by atoms with Crippen molar-refractivity contribution < 1.29 is 29.3 Å². The first-order valence-electron chi connectivity index (χ1n) is 9.17. The topological polar surface area (TPSA) is 93.1 Å². The second-order valence-corrected chi connectivity index (χ2v) is 8.44. The Morgan fingerprint density at radius 2 is 2.08 bits per heavy atom. The predicted molar refractivity (Wildman–Crippen MR) is 93.9 cm³/mol. The lowest BCUT2D eigenvalue weighted by molar-refractivity contribution is -0.234. The molecule has 2 saturated carbocycles. The van der Waals surface area contributed by atoms with Crippen LogP contribution in [0.1, 0.15) is 47.0 Å². The Morgan fingerprint density at radius 1 is 1.42 bits per heavy atom. The molecule has 0 unspecified atom stereocenters. The monoisotopic (exact) mass is 364 g/mol. The lowest BCUT2D eigenvalue weighted by Gasteiger charge is -2.59. The number of fused-ring (bicyclic) bond motifs is 2. The maximum Gasteiger partial charge on any atom is 0.334 e. The number of allylic oxidation sites excluding steroid dienone is 1. The number of ether oxygens (including phenoxy) is 2. The number of carbonyl (C=O) groups excluding carboxylic acids is 2. The Bertz CT molecular complexity index is 678. The SMILES string of the molecule is C=C1C(=O)O[C@H]2C[C@]3(C)[C@@H]([C@H](OC(=O)/C(C)=C/C)[C@H]12)[C@@](C)(O)CC[C@@H]3O. The maximum absolute atomic E-state index is 12.5. The van der Waals surface area contributed by atoms with Crippen molar-refractivity contribution in [1.82, 2.24) is 0 Å². The van der Waals surface area contributed by atoms with Gasteiger partial charge in [0, 0.05) is 22.5 Å². The zero-order chi connectivity index (χ0) is 19.4. The van der Waals surface area contributed by atoms with E-state index in [-0.39, 0.29) is 5.57 Å². The fraction of sp³-hybridized carbons (Fsp3) is 0.700. The van der Waals surface area contributed by atoms with Gasteiger partial charge < -0.3 is 19.7 Å². The van der Waals surface area contributed by atoms with Gasteiger partial charge >= 0.3 is 11.9 Å². The second-order valence-electron chi connectivity index (χ2n) is 8.44. The quantitative estimate of drug-likeness (QED) is 0.574. The summed E-state index contributed by atoms with van der Waals surface area (Å²) in [5, 5.41) is 21.9. The molecule has 0 aromatic carbocycles. The van der Waals surface area contributed by atoms with E-state index in [9.17, 15) is 19.8 Å². The minimum Gasteiger partial charge on any atom is -0.458 e. The molecule has 0 amide bonds. The van der Waals surface area contributed by atoms with Gasteiger partial charge in [-0.2, -0.15) is 0 Å². The fourth-order valence-electron chi connectivity index (χ4n) is 5.17. The first kappa shape index (κ1) is 19.1. The molecule has 2 aliphatic carbocycles. The molecule has 1 saturated heterocycles. The number of hydrogen-bond donors (Lipinski definition) is 2. The third-order valence-corrected chi connectivity index (χ3v) is 6.71. The molecule has 3 fully saturated rings. The van der Waals surface area contributed by atoms with Gasteiger partial charge in [0.05, 0.1) is 17.6 Å². The molecule has 1 aliphatic heterocycles. The number of hydrogen-bond acceptors (Lipinski definition) is 6. The van der Waals surface area contributed by atoms with Crippen LogP contribution >= 0.6 is 0 Å². The largest absolute Gasteiger partial charge is 0.458 e. The summed E-state index contributed by atoms with van der Waals surface area (Å²) in [5.41, 5.74) is -1.16. The Balaban J connectivity index is 2.08.